The Kier molecular flexibility index (Phi) is 8.68. The van der Waals surface area contributed by atoms with Crippen LogP contribution in [0.3, 0.4) is 0 Å². The van der Waals surface area contributed by atoms with Crippen LogP contribution in [0.2, 0.25) is 0 Å². The minimum Gasteiger partial charge on any atom is -0.493 e. The van der Waals surface area contributed by atoms with Crippen molar-refractivity contribution in [1.29, 1.82) is 0 Å². The fourth-order valence-corrected chi connectivity index (χ4v) is 2.57. The molecule has 2 aromatic rings. The lowest BCUT2D eigenvalue weighted by Crippen LogP contribution is -2.26. The lowest BCUT2D eigenvalue weighted by Gasteiger charge is -2.16. The highest BCUT2D eigenvalue weighted by atomic mass is 79.9. The van der Waals surface area contributed by atoms with Crippen LogP contribution in [-0.4, -0.2) is 33.5 Å². The maximum atomic E-state index is 11.8. The van der Waals surface area contributed by atoms with Crippen LogP contribution in [0, 0.1) is 0 Å². The Balaban J connectivity index is 1.90. The second kappa shape index (κ2) is 11.2. The average molecular weight is 450 g/mol. The lowest BCUT2D eigenvalue weighted by molar-refractivity contribution is 0.140. The van der Waals surface area contributed by atoms with Crippen LogP contribution in [-0.2, 0) is 17.8 Å². The van der Waals surface area contributed by atoms with Gasteiger partial charge in [0.2, 0.25) is 5.75 Å². The number of benzene rings is 2. The van der Waals surface area contributed by atoms with Gasteiger partial charge < -0.3 is 24.3 Å². The van der Waals surface area contributed by atoms with E-state index in [9.17, 15) is 4.79 Å². The monoisotopic (exact) mass is 449 g/mol. The van der Waals surface area contributed by atoms with E-state index in [1.807, 2.05) is 42.5 Å². The molecule has 2 rings (SSSR count). The Morgan fingerprint density at radius 2 is 1.71 bits per heavy atom. The van der Waals surface area contributed by atoms with E-state index in [0.717, 1.165) is 11.1 Å². The van der Waals surface area contributed by atoms with Crippen molar-refractivity contribution in [2.24, 2.45) is 0 Å². The molecule has 0 bridgehead atoms. The highest BCUT2D eigenvalue weighted by molar-refractivity contribution is 9.11. The predicted octanol–water partition coefficient (Wildman–Crippen LogP) is 4.46. The summed E-state index contributed by atoms with van der Waals surface area (Å²) in [6, 6.07) is 13.2. The minimum absolute atomic E-state index is 0.235. The number of methoxy groups -OCH3 is 2. The van der Waals surface area contributed by atoms with Gasteiger partial charge in [-0.05, 0) is 29.7 Å². The first kappa shape index (κ1) is 21.6. The molecular formula is C21H24BrNO5. The van der Waals surface area contributed by atoms with Crippen molar-refractivity contribution in [2.45, 2.75) is 13.0 Å². The van der Waals surface area contributed by atoms with E-state index in [4.69, 9.17) is 18.9 Å². The van der Waals surface area contributed by atoms with Crippen LogP contribution >= 0.6 is 15.9 Å². The first-order chi connectivity index (χ1) is 13.5. The maximum Gasteiger partial charge on any atom is 0.407 e. The van der Waals surface area contributed by atoms with Crippen molar-refractivity contribution in [1.82, 2.24) is 5.32 Å². The van der Waals surface area contributed by atoms with E-state index < -0.39 is 6.09 Å². The fraction of sp³-hybridized carbons (Fsp3) is 0.286. The zero-order valence-corrected chi connectivity index (χ0v) is 17.6. The molecule has 0 saturated heterocycles. The Morgan fingerprint density at radius 1 is 1.07 bits per heavy atom. The summed E-state index contributed by atoms with van der Waals surface area (Å²) in [5.74, 6) is 1.61. The molecule has 0 atom stereocenters. The third-order valence-corrected chi connectivity index (χ3v) is 4.02. The van der Waals surface area contributed by atoms with Gasteiger partial charge >= 0.3 is 6.09 Å². The molecule has 0 aliphatic heterocycles. The number of halogens is 1. The van der Waals surface area contributed by atoms with Crippen LogP contribution in [0.1, 0.15) is 11.1 Å². The minimum atomic E-state index is -0.460. The van der Waals surface area contributed by atoms with Crippen LogP contribution < -0.4 is 19.5 Å². The highest BCUT2D eigenvalue weighted by Crippen LogP contribution is 2.39. The smallest absolute Gasteiger partial charge is 0.407 e. The van der Waals surface area contributed by atoms with Gasteiger partial charge in [0, 0.05) is 11.0 Å². The molecule has 0 aliphatic carbocycles. The normalized spacial score (nSPS) is 10.1. The van der Waals surface area contributed by atoms with Crippen LogP contribution in [0.15, 0.2) is 53.5 Å². The molecular weight excluding hydrogens is 426 g/mol. The third-order valence-electron chi connectivity index (χ3n) is 3.79. The zero-order valence-electron chi connectivity index (χ0n) is 16.0. The van der Waals surface area contributed by atoms with E-state index in [0.29, 0.717) is 41.3 Å². The summed E-state index contributed by atoms with van der Waals surface area (Å²) in [7, 11) is 3.13. The molecule has 1 amide bonds. The van der Waals surface area contributed by atoms with Gasteiger partial charge in [0.1, 0.15) is 13.2 Å². The van der Waals surface area contributed by atoms with E-state index in [1.54, 1.807) is 14.2 Å². The van der Waals surface area contributed by atoms with E-state index >= 15 is 0 Å². The molecule has 0 fully saturated rings. The molecule has 0 heterocycles. The number of ether oxygens (including phenoxy) is 4. The van der Waals surface area contributed by atoms with Crippen molar-refractivity contribution >= 4 is 22.0 Å². The van der Waals surface area contributed by atoms with Gasteiger partial charge in [-0.1, -0.05) is 52.8 Å². The first-order valence-corrected chi connectivity index (χ1v) is 9.48. The Morgan fingerprint density at radius 3 is 2.29 bits per heavy atom. The van der Waals surface area contributed by atoms with Crippen LogP contribution in [0.5, 0.6) is 17.2 Å². The van der Waals surface area contributed by atoms with Gasteiger partial charge in [0.15, 0.2) is 11.5 Å². The number of hydrogen-bond acceptors (Lipinski definition) is 5. The second-order valence-corrected chi connectivity index (χ2v) is 7.00. The van der Waals surface area contributed by atoms with Crippen LogP contribution in [0.4, 0.5) is 4.79 Å². The molecule has 28 heavy (non-hydrogen) atoms. The van der Waals surface area contributed by atoms with Crippen LogP contribution in [0.25, 0.3) is 0 Å². The largest absolute Gasteiger partial charge is 0.493 e. The molecule has 6 nitrogen and oxygen atoms in total. The molecule has 0 spiro atoms. The standard InChI is InChI=1S/C21H24BrNO5/c1-15(22)13-27-20-18(25-2)11-17(12-19(20)26-3)9-10-23-21(24)28-14-16-7-5-4-6-8-16/h4-8,11-12H,1,9-10,13-14H2,2-3H3,(H,23,24). The number of alkyl carbamates (subject to hydrolysis) is 1. The summed E-state index contributed by atoms with van der Waals surface area (Å²) < 4.78 is 22.4. The average Bonchev–Trinajstić information content (AvgIpc) is 2.71. The highest BCUT2D eigenvalue weighted by Gasteiger charge is 2.15. The summed E-state index contributed by atoms with van der Waals surface area (Å²) >= 11 is 3.26. The first-order valence-electron chi connectivity index (χ1n) is 8.69. The van der Waals surface area contributed by atoms with Crippen molar-refractivity contribution in [3.8, 4) is 17.2 Å². The van der Waals surface area contributed by atoms with E-state index in [2.05, 4.69) is 27.8 Å². The summed E-state index contributed by atoms with van der Waals surface area (Å²) in [5, 5.41) is 2.74. The quantitative estimate of drug-likeness (QED) is 0.579. The van der Waals surface area contributed by atoms with Gasteiger partial charge in [-0.3, -0.25) is 0 Å². The summed E-state index contributed by atoms with van der Waals surface area (Å²) in [6.45, 7) is 4.69. The molecule has 1 N–H and O–H groups in total. The van der Waals surface area contributed by atoms with Gasteiger partial charge in [0.25, 0.3) is 0 Å². The third kappa shape index (κ3) is 6.81. The molecule has 0 saturated carbocycles. The topological polar surface area (TPSA) is 66.0 Å². The zero-order chi connectivity index (χ0) is 20.4. The SMILES string of the molecule is C=C(Br)COc1c(OC)cc(CCNC(=O)OCc2ccccc2)cc1OC. The van der Waals surface area contributed by atoms with Crippen molar-refractivity contribution < 1.29 is 23.7 Å². The Bertz CT molecular complexity index is 770. The summed E-state index contributed by atoms with van der Waals surface area (Å²) in [6.07, 6.45) is 0.122. The molecule has 0 aromatic heterocycles. The number of amides is 1. The summed E-state index contributed by atoms with van der Waals surface area (Å²) in [4.78, 5) is 11.8. The second-order valence-electron chi connectivity index (χ2n) is 5.87. The maximum absolute atomic E-state index is 11.8. The van der Waals surface area contributed by atoms with Gasteiger partial charge in [-0.25, -0.2) is 4.79 Å². The molecule has 0 aliphatic rings. The summed E-state index contributed by atoms with van der Waals surface area (Å²) in [5.41, 5.74) is 1.87. The molecule has 150 valence electrons. The fourth-order valence-electron chi connectivity index (χ4n) is 2.45. The van der Waals surface area contributed by atoms with Crippen molar-refractivity contribution in [3.05, 3.63) is 64.7 Å². The number of nitrogens with one attached hydrogen (secondary N) is 1. The van der Waals surface area contributed by atoms with Gasteiger partial charge in [-0.15, -0.1) is 0 Å². The van der Waals surface area contributed by atoms with Gasteiger partial charge in [0.05, 0.1) is 14.2 Å². The molecule has 2 aromatic carbocycles. The number of carbonyl (C=O) groups excluding carboxylic acids is 1. The predicted molar refractivity (Wildman–Crippen MR) is 111 cm³/mol. The van der Waals surface area contributed by atoms with E-state index in [1.165, 1.54) is 0 Å². The molecule has 0 unspecified atom stereocenters. The number of rotatable bonds is 10. The van der Waals surface area contributed by atoms with Crippen molar-refractivity contribution in [2.75, 3.05) is 27.4 Å². The molecule has 7 heteroatoms. The lowest BCUT2D eigenvalue weighted by atomic mass is 10.1. The Hall–Kier alpha value is -2.67. The van der Waals surface area contributed by atoms with E-state index in [-0.39, 0.29) is 6.61 Å². The number of carbonyl (C=O) groups is 1. The number of hydrogen-bond donors (Lipinski definition) is 1. The van der Waals surface area contributed by atoms with Crippen molar-refractivity contribution in [3.63, 3.8) is 0 Å². The Labute approximate surface area is 173 Å². The van der Waals surface area contributed by atoms with Gasteiger partial charge in [-0.2, -0.15) is 0 Å². The molecule has 0 radical (unpaired) electrons.